The molecule has 82 valence electrons. The van der Waals surface area contributed by atoms with Gasteiger partial charge in [0.15, 0.2) is 0 Å². The maximum atomic E-state index is 5.69. The van der Waals surface area contributed by atoms with Crippen LogP contribution in [0.3, 0.4) is 0 Å². The molecule has 0 saturated heterocycles. The number of fused-ring (bicyclic) bond motifs is 1. The van der Waals surface area contributed by atoms with Gasteiger partial charge in [0, 0.05) is 18.3 Å². The van der Waals surface area contributed by atoms with Gasteiger partial charge in [0.1, 0.15) is 5.82 Å². The minimum atomic E-state index is 0.660. The molecular formula is C12H19N3. The molecule has 2 aliphatic rings. The molecule has 3 nitrogen and oxygen atoms in total. The summed E-state index contributed by atoms with van der Waals surface area (Å²) in [4.78, 5) is 0. The first-order valence-electron chi connectivity index (χ1n) is 6.02. The van der Waals surface area contributed by atoms with E-state index < -0.39 is 0 Å². The number of aryl methyl sites for hydroxylation is 1. The molecule has 0 aromatic carbocycles. The first-order chi connectivity index (χ1) is 7.22. The third-order valence-electron chi connectivity index (χ3n) is 4.08. The Balaban J connectivity index is 1.66. The highest BCUT2D eigenvalue weighted by Crippen LogP contribution is 2.51. The molecule has 2 saturated carbocycles. The van der Waals surface area contributed by atoms with Crippen molar-refractivity contribution in [3.63, 3.8) is 0 Å². The number of aromatic nitrogens is 2. The Labute approximate surface area is 90.7 Å². The molecule has 3 rings (SSSR count). The van der Waals surface area contributed by atoms with Gasteiger partial charge in [0.25, 0.3) is 0 Å². The number of hydrogen-bond donors (Lipinski definition) is 1. The van der Waals surface area contributed by atoms with E-state index in [2.05, 4.69) is 16.7 Å². The Bertz CT molecular complexity index is 369. The van der Waals surface area contributed by atoms with Gasteiger partial charge >= 0.3 is 0 Å². The van der Waals surface area contributed by atoms with E-state index in [9.17, 15) is 0 Å². The predicted molar refractivity (Wildman–Crippen MR) is 60.3 cm³/mol. The van der Waals surface area contributed by atoms with E-state index >= 15 is 0 Å². The van der Waals surface area contributed by atoms with Crippen molar-refractivity contribution in [3.05, 3.63) is 11.8 Å². The minimum absolute atomic E-state index is 0.660. The minimum Gasteiger partial charge on any atom is -0.382 e. The predicted octanol–water partition coefficient (Wildman–Crippen LogP) is 2.21. The molecule has 15 heavy (non-hydrogen) atoms. The van der Waals surface area contributed by atoms with Crippen LogP contribution >= 0.6 is 0 Å². The zero-order chi connectivity index (χ0) is 10.4. The number of hydrogen-bond acceptors (Lipinski definition) is 2. The molecule has 0 aliphatic heterocycles. The van der Waals surface area contributed by atoms with Crippen LogP contribution < -0.4 is 5.73 Å². The van der Waals surface area contributed by atoms with Gasteiger partial charge in [0.05, 0.1) is 0 Å². The van der Waals surface area contributed by atoms with Crippen molar-refractivity contribution in [3.8, 4) is 0 Å². The van der Waals surface area contributed by atoms with Gasteiger partial charge in [-0.15, -0.1) is 0 Å². The maximum Gasteiger partial charge on any atom is 0.145 e. The van der Waals surface area contributed by atoms with Crippen LogP contribution in [0.15, 0.2) is 6.07 Å². The van der Waals surface area contributed by atoms with Gasteiger partial charge in [-0.3, -0.25) is 4.68 Å². The van der Waals surface area contributed by atoms with Crippen LogP contribution in [0.25, 0.3) is 0 Å². The molecule has 3 atom stereocenters. The quantitative estimate of drug-likeness (QED) is 0.804. The fourth-order valence-corrected chi connectivity index (χ4v) is 3.08. The molecule has 1 heterocycles. The lowest BCUT2D eigenvalue weighted by Crippen LogP contribution is -2.17. The highest BCUT2D eigenvalue weighted by Gasteiger charge is 2.41. The summed E-state index contributed by atoms with van der Waals surface area (Å²) in [7, 11) is 0. The average molecular weight is 205 g/mol. The number of anilines is 1. The molecule has 3 heteroatoms. The van der Waals surface area contributed by atoms with Gasteiger partial charge in [0.2, 0.25) is 0 Å². The third-order valence-corrected chi connectivity index (χ3v) is 4.08. The topological polar surface area (TPSA) is 43.8 Å². The Hall–Kier alpha value is -0.990. The summed E-state index contributed by atoms with van der Waals surface area (Å²) in [6, 6.07) is 1.96. The van der Waals surface area contributed by atoms with Crippen molar-refractivity contribution < 1.29 is 0 Å². The smallest absolute Gasteiger partial charge is 0.145 e. The van der Waals surface area contributed by atoms with Crippen molar-refractivity contribution in [2.45, 2.75) is 39.2 Å². The lowest BCUT2D eigenvalue weighted by atomic mass is 9.89. The molecule has 2 aliphatic carbocycles. The number of nitrogens with two attached hydrogens (primary N) is 1. The Morgan fingerprint density at radius 1 is 1.40 bits per heavy atom. The second-order valence-electron chi connectivity index (χ2n) is 5.33. The molecule has 0 amide bonds. The standard InChI is InChI=1S/C12H19N3/c1-8-4-12(13)14-15(8)7-9-2-3-10-6-11(10)5-9/h4,9-11H,2-3,5-7H2,1H3,(H2,13,14). The van der Waals surface area contributed by atoms with Gasteiger partial charge in [-0.1, -0.05) is 0 Å². The van der Waals surface area contributed by atoms with Crippen LogP contribution in [0.1, 0.15) is 31.4 Å². The van der Waals surface area contributed by atoms with E-state index in [-0.39, 0.29) is 0 Å². The van der Waals surface area contributed by atoms with Crippen molar-refractivity contribution in [2.24, 2.45) is 17.8 Å². The highest BCUT2D eigenvalue weighted by molar-refractivity contribution is 5.28. The van der Waals surface area contributed by atoms with E-state index in [1.54, 1.807) is 0 Å². The highest BCUT2D eigenvalue weighted by atomic mass is 15.3. The van der Waals surface area contributed by atoms with Gasteiger partial charge in [-0.2, -0.15) is 5.10 Å². The first kappa shape index (κ1) is 9.25. The normalized spacial score (nSPS) is 33.8. The summed E-state index contributed by atoms with van der Waals surface area (Å²) in [5.41, 5.74) is 6.89. The van der Waals surface area contributed by atoms with E-state index in [4.69, 9.17) is 5.73 Å². The summed E-state index contributed by atoms with van der Waals surface area (Å²) in [5.74, 6) is 3.64. The fraction of sp³-hybridized carbons (Fsp3) is 0.750. The van der Waals surface area contributed by atoms with E-state index in [1.165, 1.54) is 31.4 Å². The van der Waals surface area contributed by atoms with Crippen LogP contribution in [0.2, 0.25) is 0 Å². The second-order valence-corrected chi connectivity index (χ2v) is 5.33. The van der Waals surface area contributed by atoms with Crippen LogP contribution in [0, 0.1) is 24.7 Å². The van der Waals surface area contributed by atoms with Crippen molar-refractivity contribution >= 4 is 5.82 Å². The Morgan fingerprint density at radius 2 is 2.27 bits per heavy atom. The van der Waals surface area contributed by atoms with Crippen LogP contribution in [-0.4, -0.2) is 9.78 Å². The van der Waals surface area contributed by atoms with Gasteiger partial charge < -0.3 is 5.73 Å². The monoisotopic (exact) mass is 205 g/mol. The average Bonchev–Trinajstić information content (AvgIpc) is 2.87. The molecule has 3 unspecified atom stereocenters. The van der Waals surface area contributed by atoms with Gasteiger partial charge in [-0.25, -0.2) is 0 Å². The zero-order valence-electron chi connectivity index (χ0n) is 9.32. The molecule has 1 aromatic rings. The maximum absolute atomic E-state index is 5.69. The number of nitrogens with zero attached hydrogens (tertiary/aromatic N) is 2. The molecule has 0 spiro atoms. The zero-order valence-corrected chi connectivity index (χ0v) is 9.32. The lowest BCUT2D eigenvalue weighted by molar-refractivity contribution is 0.295. The van der Waals surface area contributed by atoms with Crippen molar-refractivity contribution in [2.75, 3.05) is 5.73 Å². The van der Waals surface area contributed by atoms with E-state index in [0.29, 0.717) is 5.82 Å². The third kappa shape index (κ3) is 1.75. The molecule has 0 radical (unpaired) electrons. The summed E-state index contributed by atoms with van der Waals surface area (Å²) in [6.45, 7) is 3.17. The summed E-state index contributed by atoms with van der Waals surface area (Å²) < 4.78 is 2.09. The molecule has 1 aromatic heterocycles. The molecule has 2 N–H and O–H groups in total. The fourth-order valence-electron chi connectivity index (χ4n) is 3.08. The number of rotatable bonds is 2. The molecule has 2 fully saturated rings. The Morgan fingerprint density at radius 3 is 2.93 bits per heavy atom. The van der Waals surface area contributed by atoms with Crippen LogP contribution in [-0.2, 0) is 6.54 Å². The van der Waals surface area contributed by atoms with Gasteiger partial charge in [-0.05, 0) is 50.4 Å². The van der Waals surface area contributed by atoms with E-state index in [1.807, 2.05) is 6.07 Å². The van der Waals surface area contributed by atoms with Crippen molar-refractivity contribution in [1.82, 2.24) is 9.78 Å². The lowest BCUT2D eigenvalue weighted by Gasteiger charge is -2.21. The largest absolute Gasteiger partial charge is 0.382 e. The van der Waals surface area contributed by atoms with Crippen molar-refractivity contribution in [1.29, 1.82) is 0 Å². The Kier molecular flexibility index (Phi) is 2.01. The number of nitrogen functional groups attached to an aromatic ring is 1. The van der Waals surface area contributed by atoms with Crippen LogP contribution in [0.5, 0.6) is 0 Å². The second kappa shape index (κ2) is 3.26. The van der Waals surface area contributed by atoms with Crippen LogP contribution in [0.4, 0.5) is 5.82 Å². The summed E-state index contributed by atoms with van der Waals surface area (Å²) in [6.07, 6.45) is 5.76. The molecule has 0 bridgehead atoms. The SMILES string of the molecule is Cc1cc(N)nn1CC1CCC2CC2C1. The summed E-state index contributed by atoms with van der Waals surface area (Å²) >= 11 is 0. The summed E-state index contributed by atoms with van der Waals surface area (Å²) in [5, 5.41) is 4.34. The van der Waals surface area contributed by atoms with E-state index in [0.717, 1.165) is 24.3 Å². The molecular weight excluding hydrogens is 186 g/mol. The first-order valence-corrected chi connectivity index (χ1v) is 6.02.